The number of fused-ring (bicyclic) bond motifs is 1. The summed E-state index contributed by atoms with van der Waals surface area (Å²) in [7, 11) is 0. The predicted molar refractivity (Wildman–Crippen MR) is 75.1 cm³/mol. The number of nitrogens with two attached hydrogens (primary N) is 1. The number of nitrogens with zero attached hydrogens (tertiary/aromatic N) is 1. The molecule has 1 aromatic heterocycles. The van der Waals surface area contributed by atoms with E-state index < -0.39 is 12.0 Å². The molecular weight excluding hydrogens is 254 g/mol. The first-order valence-electron chi connectivity index (χ1n) is 6.20. The van der Waals surface area contributed by atoms with Crippen molar-refractivity contribution in [3.05, 3.63) is 60.4 Å². The molecule has 2 aromatic carbocycles. The lowest BCUT2D eigenvalue weighted by Gasteiger charge is -2.13. The summed E-state index contributed by atoms with van der Waals surface area (Å²) in [6.45, 7) is 0. The molecule has 0 aliphatic carbocycles. The van der Waals surface area contributed by atoms with Gasteiger partial charge < -0.3 is 15.5 Å². The van der Waals surface area contributed by atoms with Crippen LogP contribution in [0.15, 0.2) is 54.6 Å². The number of hydrogen-bond donors (Lipinski definition) is 2. The number of imidazole rings is 1. The highest BCUT2D eigenvalue weighted by molar-refractivity contribution is 5.82. The lowest BCUT2D eigenvalue weighted by molar-refractivity contribution is -0.125. The minimum Gasteiger partial charge on any atom is -0.473 e. The highest BCUT2D eigenvalue weighted by atomic mass is 16.5. The van der Waals surface area contributed by atoms with E-state index >= 15 is 0 Å². The molecule has 3 rings (SSSR count). The van der Waals surface area contributed by atoms with Crippen molar-refractivity contribution < 1.29 is 9.53 Å². The first kappa shape index (κ1) is 12.2. The number of carbonyl (C=O) groups excluding carboxylic acids is 1. The second-order valence-corrected chi connectivity index (χ2v) is 4.35. The first-order chi connectivity index (χ1) is 9.74. The maximum absolute atomic E-state index is 11.6. The highest BCUT2D eigenvalue weighted by Gasteiger charge is 2.23. The summed E-state index contributed by atoms with van der Waals surface area (Å²) in [5.41, 5.74) is 7.02. The number of benzene rings is 2. The van der Waals surface area contributed by atoms with Crippen molar-refractivity contribution in [2.45, 2.75) is 6.10 Å². The first-order valence-corrected chi connectivity index (χ1v) is 6.20. The molecule has 0 aliphatic rings. The van der Waals surface area contributed by atoms with Gasteiger partial charge in [-0.2, -0.15) is 0 Å². The molecule has 20 heavy (non-hydrogen) atoms. The Morgan fingerprint density at radius 1 is 1.10 bits per heavy atom. The molecule has 100 valence electrons. The lowest BCUT2D eigenvalue weighted by atomic mass is 10.3. The van der Waals surface area contributed by atoms with Crippen LogP contribution in [0.25, 0.3) is 11.0 Å². The molecule has 0 saturated carbocycles. The Morgan fingerprint density at radius 3 is 2.50 bits per heavy atom. The summed E-state index contributed by atoms with van der Waals surface area (Å²) in [4.78, 5) is 19.0. The van der Waals surface area contributed by atoms with Gasteiger partial charge in [0.25, 0.3) is 5.91 Å². The van der Waals surface area contributed by atoms with Gasteiger partial charge in [0, 0.05) is 0 Å². The molecular formula is C15H13N3O2. The van der Waals surface area contributed by atoms with Gasteiger partial charge in [0.05, 0.1) is 11.0 Å². The summed E-state index contributed by atoms with van der Waals surface area (Å²) in [5.74, 6) is 0.382. The zero-order chi connectivity index (χ0) is 13.9. The largest absolute Gasteiger partial charge is 0.473 e. The number of para-hydroxylation sites is 3. The monoisotopic (exact) mass is 267 g/mol. The number of rotatable bonds is 4. The van der Waals surface area contributed by atoms with Crippen molar-refractivity contribution in [2.75, 3.05) is 0 Å². The molecule has 0 bridgehead atoms. The van der Waals surface area contributed by atoms with Gasteiger partial charge in [0.1, 0.15) is 5.75 Å². The van der Waals surface area contributed by atoms with Crippen molar-refractivity contribution in [2.24, 2.45) is 5.73 Å². The number of nitrogens with one attached hydrogen (secondary N) is 1. The second kappa shape index (κ2) is 5.05. The molecule has 0 saturated heterocycles. The Morgan fingerprint density at radius 2 is 1.80 bits per heavy atom. The molecule has 3 N–H and O–H groups in total. The fraction of sp³-hybridized carbons (Fsp3) is 0.0667. The minimum absolute atomic E-state index is 0.405. The van der Waals surface area contributed by atoms with Crippen molar-refractivity contribution in [3.8, 4) is 5.75 Å². The molecule has 3 aromatic rings. The van der Waals surface area contributed by atoms with Gasteiger partial charge in [-0.25, -0.2) is 4.98 Å². The summed E-state index contributed by atoms with van der Waals surface area (Å²) in [6.07, 6.45) is -0.940. The summed E-state index contributed by atoms with van der Waals surface area (Å²) in [6, 6.07) is 16.6. The lowest BCUT2D eigenvalue weighted by Crippen LogP contribution is -2.27. The van der Waals surface area contributed by atoms with Crippen LogP contribution in [-0.2, 0) is 4.79 Å². The zero-order valence-electron chi connectivity index (χ0n) is 10.6. The smallest absolute Gasteiger partial charge is 0.266 e. The third-order valence-corrected chi connectivity index (χ3v) is 2.91. The third-order valence-electron chi connectivity index (χ3n) is 2.91. The maximum atomic E-state index is 11.6. The van der Waals surface area contributed by atoms with Crippen LogP contribution in [0.3, 0.4) is 0 Å². The van der Waals surface area contributed by atoms with E-state index in [-0.39, 0.29) is 0 Å². The Kier molecular flexibility index (Phi) is 3.09. The van der Waals surface area contributed by atoms with Crippen LogP contribution in [0.2, 0.25) is 0 Å². The van der Waals surface area contributed by atoms with E-state index in [1.807, 2.05) is 42.5 Å². The van der Waals surface area contributed by atoms with E-state index in [9.17, 15) is 4.79 Å². The van der Waals surface area contributed by atoms with Crippen LogP contribution in [-0.4, -0.2) is 15.9 Å². The van der Waals surface area contributed by atoms with E-state index in [2.05, 4.69) is 9.97 Å². The van der Waals surface area contributed by atoms with Crippen molar-refractivity contribution in [3.63, 3.8) is 0 Å². The quantitative estimate of drug-likeness (QED) is 0.760. The SMILES string of the molecule is NC(=O)C(Oc1ccccc1)c1nc2ccccc2[nH]1. The number of hydrogen-bond acceptors (Lipinski definition) is 3. The van der Waals surface area contributed by atoms with Crippen LogP contribution < -0.4 is 10.5 Å². The van der Waals surface area contributed by atoms with E-state index in [0.717, 1.165) is 11.0 Å². The Labute approximate surface area is 115 Å². The molecule has 0 radical (unpaired) electrons. The Bertz CT molecular complexity index is 704. The average Bonchev–Trinajstić information content (AvgIpc) is 2.89. The molecule has 5 heteroatoms. The molecule has 5 nitrogen and oxygen atoms in total. The molecule has 0 aliphatic heterocycles. The van der Waals surface area contributed by atoms with E-state index in [0.29, 0.717) is 11.6 Å². The molecule has 0 fully saturated rings. The summed E-state index contributed by atoms with van der Waals surface area (Å²) < 4.78 is 5.62. The van der Waals surface area contributed by atoms with Crippen molar-refractivity contribution in [1.82, 2.24) is 9.97 Å². The van der Waals surface area contributed by atoms with Gasteiger partial charge in [-0.15, -0.1) is 0 Å². The molecule has 1 atom stereocenters. The van der Waals surface area contributed by atoms with Crippen molar-refractivity contribution >= 4 is 16.9 Å². The minimum atomic E-state index is -0.940. The molecule has 1 unspecified atom stereocenters. The normalized spacial score (nSPS) is 12.2. The van der Waals surface area contributed by atoms with Gasteiger partial charge in [-0.1, -0.05) is 30.3 Å². The van der Waals surface area contributed by atoms with Crippen LogP contribution in [0.4, 0.5) is 0 Å². The molecule has 1 heterocycles. The van der Waals surface area contributed by atoms with Crippen LogP contribution in [0.1, 0.15) is 11.9 Å². The van der Waals surface area contributed by atoms with Crippen LogP contribution in [0, 0.1) is 0 Å². The van der Waals surface area contributed by atoms with Gasteiger partial charge >= 0.3 is 0 Å². The van der Waals surface area contributed by atoms with Crippen molar-refractivity contribution in [1.29, 1.82) is 0 Å². The number of H-pyrrole nitrogens is 1. The Balaban J connectivity index is 1.96. The standard InChI is InChI=1S/C15H13N3O2/c16-14(19)13(20-10-6-2-1-3-7-10)15-17-11-8-4-5-9-12(11)18-15/h1-9,13H,(H2,16,19)(H,17,18). The van der Waals surface area contributed by atoms with Gasteiger partial charge in [0.15, 0.2) is 5.82 Å². The predicted octanol–water partition coefficient (Wildman–Crippen LogP) is 2.17. The number of carbonyl (C=O) groups is 1. The number of aromatic nitrogens is 2. The number of ether oxygens (including phenoxy) is 1. The van der Waals surface area contributed by atoms with Crippen LogP contribution >= 0.6 is 0 Å². The average molecular weight is 267 g/mol. The maximum Gasteiger partial charge on any atom is 0.266 e. The van der Waals surface area contributed by atoms with Gasteiger partial charge in [-0.05, 0) is 24.3 Å². The van der Waals surface area contributed by atoms with Gasteiger partial charge in [-0.3, -0.25) is 4.79 Å². The fourth-order valence-corrected chi connectivity index (χ4v) is 1.98. The zero-order valence-corrected chi connectivity index (χ0v) is 10.6. The number of aromatic amines is 1. The van der Waals surface area contributed by atoms with E-state index in [1.54, 1.807) is 12.1 Å². The van der Waals surface area contributed by atoms with E-state index in [1.165, 1.54) is 0 Å². The Hall–Kier alpha value is -2.82. The summed E-state index contributed by atoms with van der Waals surface area (Å²) in [5, 5.41) is 0. The highest BCUT2D eigenvalue weighted by Crippen LogP contribution is 2.22. The topological polar surface area (TPSA) is 81.0 Å². The second-order valence-electron chi connectivity index (χ2n) is 4.35. The van der Waals surface area contributed by atoms with E-state index in [4.69, 9.17) is 10.5 Å². The number of primary amides is 1. The van der Waals surface area contributed by atoms with Gasteiger partial charge in [0.2, 0.25) is 6.10 Å². The number of amides is 1. The fourth-order valence-electron chi connectivity index (χ4n) is 1.98. The summed E-state index contributed by atoms with van der Waals surface area (Å²) >= 11 is 0. The molecule has 1 amide bonds. The van der Waals surface area contributed by atoms with Crippen LogP contribution in [0.5, 0.6) is 5.75 Å². The molecule has 0 spiro atoms. The third kappa shape index (κ3) is 2.33.